The summed E-state index contributed by atoms with van der Waals surface area (Å²) in [6.45, 7) is 1.21. The highest BCUT2D eigenvalue weighted by molar-refractivity contribution is 5.99. The van der Waals surface area contributed by atoms with Crippen LogP contribution >= 0.6 is 12.4 Å². The van der Waals surface area contributed by atoms with Gasteiger partial charge in [0.15, 0.2) is 0 Å². The van der Waals surface area contributed by atoms with E-state index in [1.807, 2.05) is 47.4 Å². The normalized spacial score (nSPS) is 16.2. The van der Waals surface area contributed by atoms with Crippen molar-refractivity contribution in [2.24, 2.45) is 0 Å². The lowest BCUT2D eigenvalue weighted by Gasteiger charge is -2.20. The van der Waals surface area contributed by atoms with Crippen LogP contribution in [0.2, 0.25) is 0 Å². The van der Waals surface area contributed by atoms with Gasteiger partial charge in [-0.1, -0.05) is 36.4 Å². The monoisotopic (exact) mass is 420 g/mol. The minimum absolute atomic E-state index is 0. The molecule has 3 N–H and O–H groups in total. The third-order valence-electron chi connectivity index (χ3n) is 5.00. The van der Waals surface area contributed by atoms with Crippen LogP contribution in [0.4, 0.5) is 5.88 Å². The molecule has 2 heterocycles. The number of fused-ring (bicyclic) bond motifs is 1. The van der Waals surface area contributed by atoms with Gasteiger partial charge in [0, 0.05) is 11.9 Å². The molecule has 0 radical (unpaired) electrons. The van der Waals surface area contributed by atoms with Crippen LogP contribution in [0.5, 0.6) is 0 Å². The Bertz CT molecular complexity index is 1020. The Labute approximate surface area is 172 Å². The van der Waals surface area contributed by atoms with Crippen LogP contribution in [0.25, 0.3) is 22.1 Å². The molecule has 29 heavy (non-hydrogen) atoms. The number of halogens is 1. The summed E-state index contributed by atoms with van der Waals surface area (Å²) in [6, 6.07) is 14.1. The average Bonchev–Trinajstić information content (AvgIpc) is 3.26. The quantitative estimate of drug-likeness (QED) is 0.495. The van der Waals surface area contributed by atoms with Gasteiger partial charge < -0.3 is 15.0 Å². The van der Waals surface area contributed by atoms with E-state index in [1.165, 1.54) is 0 Å². The van der Waals surface area contributed by atoms with E-state index in [9.17, 15) is 20.0 Å². The van der Waals surface area contributed by atoms with Gasteiger partial charge in [-0.25, -0.2) is 0 Å². The number of carboxylic acids is 1. The van der Waals surface area contributed by atoms with Gasteiger partial charge in [-0.05, 0) is 42.6 Å². The van der Waals surface area contributed by atoms with Crippen LogP contribution in [0.15, 0.2) is 52.9 Å². The molecule has 2 aromatic carbocycles. The lowest BCUT2D eigenvalue weighted by Crippen LogP contribution is -2.35. The first-order chi connectivity index (χ1) is 13.0. The van der Waals surface area contributed by atoms with Gasteiger partial charge in [0.05, 0.1) is 0 Å². The molecular formula is C20H21ClN2O6. The molecule has 1 atom stereocenters. The molecule has 1 aliphatic heterocycles. The number of hydrogen-bond donors (Lipinski definition) is 1. The summed E-state index contributed by atoms with van der Waals surface area (Å²) >= 11 is 0. The van der Waals surface area contributed by atoms with E-state index in [2.05, 4.69) is 0 Å². The zero-order valence-corrected chi connectivity index (χ0v) is 16.2. The highest BCUT2D eigenvalue weighted by Gasteiger charge is 2.31. The van der Waals surface area contributed by atoms with Gasteiger partial charge in [0.1, 0.15) is 22.1 Å². The number of carbonyl (C=O) groups is 1. The first-order valence-electron chi connectivity index (χ1n) is 8.76. The van der Waals surface area contributed by atoms with Gasteiger partial charge in [0.2, 0.25) is 0 Å². The van der Waals surface area contributed by atoms with Gasteiger partial charge in [0.25, 0.3) is 0 Å². The van der Waals surface area contributed by atoms with Crippen LogP contribution in [-0.2, 0) is 11.3 Å². The number of furan rings is 1. The van der Waals surface area contributed by atoms with Gasteiger partial charge >= 0.3 is 11.9 Å². The molecule has 0 saturated carbocycles. The average molecular weight is 421 g/mol. The number of benzene rings is 2. The second-order valence-electron chi connectivity index (χ2n) is 6.70. The van der Waals surface area contributed by atoms with Crippen molar-refractivity contribution < 1.29 is 24.7 Å². The topological polar surface area (TPSA) is 128 Å². The number of nitrogens with zero attached hydrogens (tertiary/aromatic N) is 2. The molecule has 154 valence electrons. The van der Waals surface area contributed by atoms with E-state index in [0.717, 1.165) is 18.5 Å². The van der Waals surface area contributed by atoms with E-state index in [4.69, 9.17) is 4.42 Å². The Morgan fingerprint density at radius 1 is 1.24 bits per heavy atom. The van der Waals surface area contributed by atoms with Crippen molar-refractivity contribution in [1.29, 1.82) is 0 Å². The first kappa shape index (κ1) is 22.4. The fourth-order valence-corrected chi connectivity index (χ4v) is 3.77. The predicted octanol–water partition coefficient (Wildman–Crippen LogP) is 3.65. The van der Waals surface area contributed by atoms with Gasteiger partial charge in [-0.2, -0.15) is 0 Å². The Morgan fingerprint density at radius 3 is 2.62 bits per heavy atom. The molecule has 0 bridgehead atoms. The highest BCUT2D eigenvalue weighted by atomic mass is 35.5. The third-order valence-corrected chi connectivity index (χ3v) is 5.00. The summed E-state index contributed by atoms with van der Waals surface area (Å²) in [5.74, 6) is -1.09. The van der Waals surface area contributed by atoms with Crippen LogP contribution in [0, 0.1) is 10.1 Å². The lowest BCUT2D eigenvalue weighted by molar-refractivity contribution is -0.400. The van der Waals surface area contributed by atoms with E-state index in [1.54, 1.807) is 6.07 Å². The molecule has 0 unspecified atom stereocenters. The fraction of sp³-hybridized carbons (Fsp3) is 0.250. The van der Waals surface area contributed by atoms with Crippen LogP contribution in [0.3, 0.4) is 0 Å². The minimum Gasteiger partial charge on any atom is -0.480 e. The maximum atomic E-state index is 11.5. The maximum Gasteiger partial charge on any atom is 0.442 e. The molecule has 8 nitrogen and oxygen atoms in total. The summed E-state index contributed by atoms with van der Waals surface area (Å²) in [7, 11) is 0. The second kappa shape index (κ2) is 9.04. The molecule has 4 rings (SSSR count). The van der Waals surface area contributed by atoms with Crippen LogP contribution in [-0.4, -0.2) is 39.0 Å². The molecule has 1 aliphatic rings. The first-order valence-corrected chi connectivity index (χ1v) is 8.76. The van der Waals surface area contributed by atoms with E-state index in [0.29, 0.717) is 35.1 Å². The zero-order valence-electron chi connectivity index (χ0n) is 15.4. The number of rotatable bonds is 5. The molecule has 1 aromatic heterocycles. The summed E-state index contributed by atoms with van der Waals surface area (Å²) in [5, 5.41) is 21.5. The molecule has 1 saturated heterocycles. The number of nitro groups is 1. The second-order valence-corrected chi connectivity index (χ2v) is 6.70. The summed E-state index contributed by atoms with van der Waals surface area (Å²) in [6.07, 6.45) is 1.50. The number of likely N-dealkylation sites (tertiary alicyclic amines) is 1. The Morgan fingerprint density at radius 2 is 1.97 bits per heavy atom. The third kappa shape index (κ3) is 4.24. The largest absolute Gasteiger partial charge is 0.480 e. The van der Waals surface area contributed by atoms with E-state index < -0.39 is 16.9 Å². The SMILES string of the molecule is Cl.O.O=C(O)[C@@H]1CCCN1Cc1ccc2oc([N+](=O)[O-])c(-c3ccccc3)c2c1. The minimum atomic E-state index is -0.808. The van der Waals surface area contributed by atoms with Crippen molar-refractivity contribution in [3.63, 3.8) is 0 Å². The molecule has 1 fully saturated rings. The Hall–Kier alpha value is -2.94. The summed E-state index contributed by atoms with van der Waals surface area (Å²) in [5.41, 5.74) is 2.52. The highest BCUT2D eigenvalue weighted by Crippen LogP contribution is 2.40. The van der Waals surface area contributed by atoms with Crippen molar-refractivity contribution >= 4 is 35.2 Å². The molecule has 3 aromatic rings. The van der Waals surface area contributed by atoms with Crippen LogP contribution < -0.4 is 0 Å². The summed E-state index contributed by atoms with van der Waals surface area (Å²) < 4.78 is 5.49. The standard InChI is InChI=1S/C20H18N2O5.ClH.H2O/c23-20(24)16-7-4-10-21(16)12-13-8-9-17-15(11-13)18(19(27-17)22(25)26)14-5-2-1-3-6-14;;/h1-3,5-6,8-9,11,16H,4,7,10,12H2,(H,23,24);1H;1H2/t16-;;/m0../s1. The molecule has 0 spiro atoms. The molecule has 9 heteroatoms. The lowest BCUT2D eigenvalue weighted by atomic mass is 10.0. The van der Waals surface area contributed by atoms with Crippen molar-refractivity contribution in [3.8, 4) is 11.1 Å². The van der Waals surface area contributed by atoms with Gasteiger partial charge in [-0.15, -0.1) is 12.4 Å². The number of hydrogen-bond acceptors (Lipinski definition) is 5. The summed E-state index contributed by atoms with van der Waals surface area (Å²) in [4.78, 5) is 24.3. The maximum absolute atomic E-state index is 11.5. The van der Waals surface area contributed by atoms with E-state index in [-0.39, 0.29) is 23.8 Å². The van der Waals surface area contributed by atoms with Crippen molar-refractivity contribution in [2.75, 3.05) is 6.54 Å². The Balaban J connectivity index is 0.00000150. The number of carboxylic acid groups (broad SMARTS) is 1. The number of aliphatic carboxylic acids is 1. The van der Waals surface area contributed by atoms with Crippen molar-refractivity contribution in [3.05, 3.63) is 64.2 Å². The molecule has 0 amide bonds. The molecule has 0 aliphatic carbocycles. The zero-order chi connectivity index (χ0) is 19.0. The van der Waals surface area contributed by atoms with E-state index >= 15 is 0 Å². The molecular weight excluding hydrogens is 400 g/mol. The fourth-order valence-electron chi connectivity index (χ4n) is 3.77. The van der Waals surface area contributed by atoms with Crippen molar-refractivity contribution in [1.82, 2.24) is 4.90 Å². The van der Waals surface area contributed by atoms with Gasteiger partial charge in [-0.3, -0.25) is 19.8 Å². The Kier molecular flexibility index (Phi) is 6.97. The van der Waals surface area contributed by atoms with Crippen LogP contribution in [0.1, 0.15) is 18.4 Å². The predicted molar refractivity (Wildman–Crippen MR) is 110 cm³/mol. The smallest absolute Gasteiger partial charge is 0.442 e. The van der Waals surface area contributed by atoms with Crippen molar-refractivity contribution in [2.45, 2.75) is 25.4 Å².